The lowest BCUT2D eigenvalue weighted by atomic mass is 9.86. The van der Waals surface area contributed by atoms with E-state index in [4.69, 9.17) is 0 Å². The molecule has 2 aliphatic carbocycles. The number of aliphatic hydroxyl groups excluding tert-OH is 3. The summed E-state index contributed by atoms with van der Waals surface area (Å²) in [5.74, 6) is -0.775. The van der Waals surface area contributed by atoms with Crippen LogP contribution in [0.2, 0.25) is 0 Å². The Morgan fingerprint density at radius 1 is 0.818 bits per heavy atom. The summed E-state index contributed by atoms with van der Waals surface area (Å²) in [7, 11) is 0. The standard InChI is InChI=1S/C28H42O5/c1-27(2,19-29)17-7-5-9-20-11-13-22(24(20)30)15-16-23-14-12-21(25(23)31)10-6-8-18-28(3,4)26(32)33/h11-16,24-25,29-31H,5-10,17-19H2,1-4H3,(H,32,33)/b16-15-. The molecule has 2 rings (SSSR count). The Labute approximate surface area is 198 Å². The van der Waals surface area contributed by atoms with Crippen molar-refractivity contribution in [3.8, 4) is 0 Å². The van der Waals surface area contributed by atoms with Crippen LogP contribution < -0.4 is 0 Å². The van der Waals surface area contributed by atoms with E-state index in [1.165, 1.54) is 0 Å². The van der Waals surface area contributed by atoms with E-state index in [0.717, 1.165) is 67.2 Å². The van der Waals surface area contributed by atoms with Crippen molar-refractivity contribution >= 4 is 5.97 Å². The molecular weight excluding hydrogens is 416 g/mol. The molecule has 2 unspecified atom stereocenters. The first-order valence-corrected chi connectivity index (χ1v) is 12.2. The Balaban J connectivity index is 1.72. The van der Waals surface area contributed by atoms with Crippen LogP contribution in [0.5, 0.6) is 0 Å². The van der Waals surface area contributed by atoms with Crippen LogP contribution in [-0.2, 0) is 4.79 Å². The maximum absolute atomic E-state index is 11.2. The lowest BCUT2D eigenvalue weighted by molar-refractivity contribution is -0.147. The summed E-state index contributed by atoms with van der Waals surface area (Å²) in [6.45, 7) is 7.80. The van der Waals surface area contributed by atoms with Crippen LogP contribution in [0.25, 0.3) is 0 Å². The number of hydrogen-bond donors (Lipinski definition) is 4. The molecule has 0 aromatic heterocycles. The molecule has 5 heteroatoms. The van der Waals surface area contributed by atoms with Crippen LogP contribution >= 0.6 is 0 Å². The van der Waals surface area contributed by atoms with E-state index < -0.39 is 23.6 Å². The van der Waals surface area contributed by atoms with Crippen molar-refractivity contribution < 1.29 is 25.2 Å². The van der Waals surface area contributed by atoms with Crippen LogP contribution in [0, 0.1) is 10.8 Å². The van der Waals surface area contributed by atoms with Gasteiger partial charge < -0.3 is 20.4 Å². The highest BCUT2D eigenvalue weighted by molar-refractivity contribution is 5.73. The molecule has 2 aliphatic rings. The minimum atomic E-state index is -0.775. The largest absolute Gasteiger partial charge is 0.481 e. The molecule has 4 N–H and O–H groups in total. The fourth-order valence-electron chi connectivity index (χ4n) is 4.14. The maximum Gasteiger partial charge on any atom is 0.309 e. The molecule has 0 fully saturated rings. The monoisotopic (exact) mass is 458 g/mol. The third-order valence-electron chi connectivity index (χ3n) is 6.88. The van der Waals surface area contributed by atoms with Crippen molar-refractivity contribution in [2.75, 3.05) is 6.61 Å². The van der Waals surface area contributed by atoms with Crippen molar-refractivity contribution in [3.05, 3.63) is 58.7 Å². The normalized spacial score (nSPS) is 21.3. The summed E-state index contributed by atoms with van der Waals surface area (Å²) in [6, 6.07) is 0. The number of aliphatic carboxylic acids is 1. The second-order valence-corrected chi connectivity index (χ2v) is 10.9. The fraction of sp³-hybridized carbons (Fsp3) is 0.607. The zero-order chi connectivity index (χ0) is 24.6. The maximum atomic E-state index is 11.2. The molecule has 0 aromatic carbocycles. The summed E-state index contributed by atoms with van der Waals surface area (Å²) in [4.78, 5) is 11.2. The number of hydrogen-bond acceptors (Lipinski definition) is 4. The van der Waals surface area contributed by atoms with Crippen LogP contribution in [-0.4, -0.2) is 45.2 Å². The van der Waals surface area contributed by atoms with Crippen molar-refractivity contribution in [2.24, 2.45) is 10.8 Å². The Kier molecular flexibility index (Phi) is 9.89. The van der Waals surface area contributed by atoms with Gasteiger partial charge in [0, 0.05) is 6.61 Å². The second-order valence-electron chi connectivity index (χ2n) is 10.9. The van der Waals surface area contributed by atoms with Crippen molar-refractivity contribution in [2.45, 2.75) is 91.3 Å². The van der Waals surface area contributed by atoms with E-state index in [0.29, 0.717) is 6.42 Å². The first-order valence-electron chi connectivity index (χ1n) is 12.2. The molecular formula is C28H42O5. The summed E-state index contributed by atoms with van der Waals surface area (Å²) < 4.78 is 0. The minimum Gasteiger partial charge on any atom is -0.481 e. The number of aliphatic hydroxyl groups is 3. The molecule has 5 nitrogen and oxygen atoms in total. The number of carboxylic acids is 1. The first-order chi connectivity index (χ1) is 15.5. The second kappa shape index (κ2) is 12.0. The van der Waals surface area contributed by atoms with Crippen molar-refractivity contribution in [3.63, 3.8) is 0 Å². The fourth-order valence-corrected chi connectivity index (χ4v) is 4.14. The van der Waals surface area contributed by atoms with Gasteiger partial charge in [-0.3, -0.25) is 4.79 Å². The highest BCUT2D eigenvalue weighted by Gasteiger charge is 2.26. The molecule has 0 radical (unpaired) electrons. The van der Waals surface area contributed by atoms with Crippen molar-refractivity contribution in [1.29, 1.82) is 0 Å². The van der Waals surface area contributed by atoms with Gasteiger partial charge in [0.25, 0.3) is 0 Å². The molecule has 0 aliphatic heterocycles. The predicted octanol–water partition coefficient (Wildman–Crippen LogP) is 5.25. The molecule has 0 aromatic rings. The number of carbonyl (C=O) groups is 1. The third kappa shape index (κ3) is 8.09. The van der Waals surface area contributed by atoms with Gasteiger partial charge in [-0.05, 0) is 80.1 Å². The first kappa shape index (κ1) is 27.3. The smallest absolute Gasteiger partial charge is 0.309 e. The molecule has 0 amide bonds. The summed E-state index contributed by atoms with van der Waals surface area (Å²) in [5.41, 5.74) is 2.84. The summed E-state index contributed by atoms with van der Waals surface area (Å²) in [5, 5.41) is 39.8. The topological polar surface area (TPSA) is 98.0 Å². The van der Waals surface area contributed by atoms with Gasteiger partial charge in [-0.1, -0.05) is 63.1 Å². The van der Waals surface area contributed by atoms with Crippen LogP contribution in [0.3, 0.4) is 0 Å². The Bertz CT molecular complexity index is 838. The van der Waals surface area contributed by atoms with Gasteiger partial charge in [0.2, 0.25) is 0 Å². The summed E-state index contributed by atoms with van der Waals surface area (Å²) >= 11 is 0. The zero-order valence-corrected chi connectivity index (χ0v) is 20.7. The number of rotatable bonds is 14. The van der Waals surface area contributed by atoms with Crippen LogP contribution in [0.4, 0.5) is 0 Å². The average Bonchev–Trinajstić information content (AvgIpc) is 3.29. The van der Waals surface area contributed by atoms with E-state index in [1.807, 2.05) is 36.5 Å². The van der Waals surface area contributed by atoms with Gasteiger partial charge in [0.15, 0.2) is 0 Å². The third-order valence-corrected chi connectivity index (χ3v) is 6.88. The van der Waals surface area contributed by atoms with Gasteiger partial charge in [-0.2, -0.15) is 0 Å². The summed E-state index contributed by atoms with van der Waals surface area (Å²) in [6.07, 6.45) is 17.1. The number of unbranched alkanes of at least 4 members (excludes halogenated alkanes) is 2. The molecule has 0 saturated carbocycles. The molecule has 2 atom stereocenters. The Morgan fingerprint density at radius 3 is 1.70 bits per heavy atom. The van der Waals surface area contributed by atoms with Gasteiger partial charge in [0.1, 0.15) is 12.2 Å². The zero-order valence-electron chi connectivity index (χ0n) is 20.7. The highest BCUT2D eigenvalue weighted by Crippen LogP contribution is 2.31. The number of allylic oxidation sites excluding steroid dienone is 4. The Hall–Kier alpha value is -1.95. The lowest BCUT2D eigenvalue weighted by Gasteiger charge is -2.21. The molecule has 184 valence electrons. The van der Waals surface area contributed by atoms with Crippen molar-refractivity contribution in [1.82, 2.24) is 0 Å². The van der Waals surface area contributed by atoms with Gasteiger partial charge in [-0.15, -0.1) is 0 Å². The molecule has 0 saturated heterocycles. The van der Waals surface area contributed by atoms with Gasteiger partial charge in [-0.25, -0.2) is 0 Å². The van der Waals surface area contributed by atoms with Crippen LogP contribution in [0.15, 0.2) is 58.7 Å². The van der Waals surface area contributed by atoms with E-state index >= 15 is 0 Å². The van der Waals surface area contributed by atoms with E-state index in [-0.39, 0.29) is 12.0 Å². The minimum absolute atomic E-state index is 0.0490. The van der Waals surface area contributed by atoms with Gasteiger partial charge >= 0.3 is 5.97 Å². The molecule has 0 spiro atoms. The van der Waals surface area contributed by atoms with E-state index in [2.05, 4.69) is 13.8 Å². The molecule has 0 bridgehead atoms. The SMILES string of the molecule is CC(C)(CO)CCCCC1=CC=C(/C=C\C2=CC=C(CCCCC(C)(C)C(=O)O)C2O)C1O. The molecule has 33 heavy (non-hydrogen) atoms. The molecule has 0 heterocycles. The van der Waals surface area contributed by atoms with E-state index in [9.17, 15) is 25.2 Å². The lowest BCUT2D eigenvalue weighted by Crippen LogP contribution is -2.23. The van der Waals surface area contributed by atoms with Crippen LogP contribution in [0.1, 0.15) is 79.1 Å². The quantitative estimate of drug-likeness (QED) is 0.267. The average molecular weight is 459 g/mol. The number of carboxylic acid groups (broad SMARTS) is 1. The van der Waals surface area contributed by atoms with Gasteiger partial charge in [0.05, 0.1) is 5.41 Å². The highest BCUT2D eigenvalue weighted by atomic mass is 16.4. The predicted molar refractivity (Wildman–Crippen MR) is 133 cm³/mol. The Morgan fingerprint density at radius 2 is 1.27 bits per heavy atom. The van der Waals surface area contributed by atoms with E-state index in [1.54, 1.807) is 13.8 Å².